The molecule has 0 bridgehead atoms. The van der Waals surface area contributed by atoms with Gasteiger partial charge < -0.3 is 33.7 Å². The lowest BCUT2D eigenvalue weighted by Gasteiger charge is -2.40. The standard InChI is InChI=1S/C35H29Cl2NO7/c36-28-12-6-4-10-24(28)18-30(31-19-41-21-43-31)38(33(32-20-42-22-44-32)27-11-5-7-13-29(27)37)25-14-16-26(17-15-25)45-34(35(39)40)23-8-2-1-3-9-23/h1-17,19-20,30,33-34H,18,21-22H2,(H,39,40). The zero-order valence-electron chi connectivity index (χ0n) is 23.9. The minimum absolute atomic E-state index is 0.0600. The molecule has 0 spiro atoms. The van der Waals surface area contributed by atoms with Crippen molar-refractivity contribution in [1.82, 2.24) is 0 Å². The fourth-order valence-corrected chi connectivity index (χ4v) is 5.85. The van der Waals surface area contributed by atoms with Gasteiger partial charge in [0.15, 0.2) is 11.5 Å². The third kappa shape index (κ3) is 6.82. The van der Waals surface area contributed by atoms with Gasteiger partial charge in [0.25, 0.3) is 0 Å². The Morgan fingerprint density at radius 2 is 1.40 bits per heavy atom. The summed E-state index contributed by atoms with van der Waals surface area (Å²) in [4.78, 5) is 14.2. The number of rotatable bonds is 12. The number of hydrogen-bond donors (Lipinski definition) is 1. The van der Waals surface area contributed by atoms with Gasteiger partial charge in [0.1, 0.15) is 24.3 Å². The van der Waals surface area contributed by atoms with Crippen LogP contribution in [-0.2, 0) is 30.2 Å². The third-order valence-electron chi connectivity index (χ3n) is 7.48. The van der Waals surface area contributed by atoms with Gasteiger partial charge in [-0.05, 0) is 42.0 Å². The first kappa shape index (κ1) is 30.2. The fourth-order valence-electron chi connectivity index (χ4n) is 5.40. The van der Waals surface area contributed by atoms with Crippen molar-refractivity contribution in [2.45, 2.75) is 24.6 Å². The lowest BCUT2D eigenvalue weighted by molar-refractivity contribution is -0.145. The van der Waals surface area contributed by atoms with Crippen LogP contribution in [0.4, 0.5) is 5.69 Å². The van der Waals surface area contributed by atoms with Crippen molar-refractivity contribution in [2.24, 2.45) is 0 Å². The molecule has 0 fully saturated rings. The van der Waals surface area contributed by atoms with Gasteiger partial charge in [-0.1, -0.05) is 89.9 Å². The van der Waals surface area contributed by atoms with Gasteiger partial charge in [-0.15, -0.1) is 0 Å². The normalized spacial score (nSPS) is 15.7. The first-order valence-electron chi connectivity index (χ1n) is 14.2. The maximum absolute atomic E-state index is 12.1. The quantitative estimate of drug-likeness (QED) is 0.166. The molecule has 4 aromatic carbocycles. The summed E-state index contributed by atoms with van der Waals surface area (Å²) in [6.45, 7) is 0.133. The van der Waals surface area contributed by atoms with Gasteiger partial charge in [0.05, 0.1) is 6.04 Å². The molecule has 0 aromatic heterocycles. The smallest absolute Gasteiger partial charge is 0.349 e. The summed E-state index contributed by atoms with van der Waals surface area (Å²) in [7, 11) is 0. The van der Waals surface area contributed by atoms with Gasteiger partial charge in [-0.25, -0.2) is 4.79 Å². The molecule has 45 heavy (non-hydrogen) atoms. The number of carboxylic acid groups (broad SMARTS) is 1. The zero-order valence-corrected chi connectivity index (χ0v) is 25.4. The van der Waals surface area contributed by atoms with Crippen molar-refractivity contribution >= 4 is 34.9 Å². The van der Waals surface area contributed by atoms with E-state index >= 15 is 0 Å². The molecule has 4 aromatic rings. The molecule has 230 valence electrons. The Labute approximate surface area is 270 Å². The first-order valence-corrected chi connectivity index (χ1v) is 14.9. The number of ether oxygens (including phenoxy) is 5. The van der Waals surface area contributed by atoms with Crippen LogP contribution in [-0.4, -0.2) is 30.7 Å². The molecule has 8 nitrogen and oxygen atoms in total. The summed E-state index contributed by atoms with van der Waals surface area (Å²) in [5.74, 6) is 0.413. The van der Waals surface area contributed by atoms with Crippen LogP contribution in [0.3, 0.4) is 0 Å². The topological polar surface area (TPSA) is 86.7 Å². The predicted molar refractivity (Wildman–Crippen MR) is 170 cm³/mol. The van der Waals surface area contributed by atoms with Crippen molar-refractivity contribution in [3.63, 3.8) is 0 Å². The molecular formula is C35H29Cl2NO7. The van der Waals surface area contributed by atoms with Gasteiger partial charge in [0, 0.05) is 33.3 Å². The Kier molecular flexibility index (Phi) is 9.33. The summed E-state index contributed by atoms with van der Waals surface area (Å²) in [6.07, 6.45) is 2.45. The Morgan fingerprint density at radius 3 is 2.02 bits per heavy atom. The van der Waals surface area contributed by atoms with E-state index in [0.29, 0.717) is 39.3 Å². The van der Waals surface area contributed by atoms with Crippen LogP contribution in [0.15, 0.2) is 127 Å². The monoisotopic (exact) mass is 645 g/mol. The molecule has 3 unspecified atom stereocenters. The SMILES string of the molecule is O=C(O)C(Oc1ccc(N(C(Cc2ccccc2Cl)C2=COCO2)C(C2=COCO2)c2ccccc2Cl)cc1)c1ccccc1. The highest BCUT2D eigenvalue weighted by Gasteiger charge is 2.38. The van der Waals surface area contributed by atoms with E-state index in [2.05, 4.69) is 4.90 Å². The molecule has 0 saturated carbocycles. The van der Waals surface area contributed by atoms with E-state index < -0.39 is 24.2 Å². The van der Waals surface area contributed by atoms with Crippen LogP contribution in [0.25, 0.3) is 0 Å². The van der Waals surface area contributed by atoms with Gasteiger partial charge in [0.2, 0.25) is 19.7 Å². The summed E-state index contributed by atoms with van der Waals surface area (Å²) in [5, 5.41) is 11.1. The van der Waals surface area contributed by atoms with Gasteiger partial charge in [-0.3, -0.25) is 0 Å². The summed E-state index contributed by atoms with van der Waals surface area (Å²) in [6, 6.07) is 30.1. The number of aliphatic carboxylic acids is 1. The minimum atomic E-state index is -1.18. The lowest BCUT2D eigenvalue weighted by Crippen LogP contribution is -2.42. The van der Waals surface area contributed by atoms with E-state index in [0.717, 1.165) is 16.8 Å². The largest absolute Gasteiger partial charge is 0.478 e. The molecule has 3 atom stereocenters. The first-order chi connectivity index (χ1) is 22.0. The molecule has 2 aliphatic rings. The average molecular weight is 647 g/mol. The minimum Gasteiger partial charge on any atom is -0.478 e. The summed E-state index contributed by atoms with van der Waals surface area (Å²) < 4.78 is 29.0. The number of nitrogens with zero attached hydrogens (tertiary/aromatic N) is 1. The molecule has 0 saturated heterocycles. The van der Waals surface area contributed by atoms with Crippen molar-refractivity contribution in [3.05, 3.63) is 154 Å². The Morgan fingerprint density at radius 1 is 0.778 bits per heavy atom. The summed E-state index contributed by atoms with van der Waals surface area (Å²) >= 11 is 13.5. The van der Waals surface area contributed by atoms with E-state index in [-0.39, 0.29) is 13.6 Å². The highest BCUT2D eigenvalue weighted by atomic mass is 35.5. The number of benzene rings is 4. The predicted octanol–water partition coefficient (Wildman–Crippen LogP) is 8.05. The van der Waals surface area contributed by atoms with Crippen molar-refractivity contribution in [2.75, 3.05) is 18.5 Å². The van der Waals surface area contributed by atoms with Crippen LogP contribution >= 0.6 is 23.2 Å². The number of halogens is 2. The maximum atomic E-state index is 12.1. The van der Waals surface area contributed by atoms with Crippen LogP contribution in [0.5, 0.6) is 5.75 Å². The molecule has 0 amide bonds. The second-order valence-electron chi connectivity index (χ2n) is 10.3. The second kappa shape index (κ2) is 13.9. The van der Waals surface area contributed by atoms with Crippen LogP contribution in [0.2, 0.25) is 10.0 Å². The molecule has 0 aliphatic carbocycles. The average Bonchev–Trinajstić information content (AvgIpc) is 3.79. The number of anilines is 1. The molecular weight excluding hydrogens is 617 g/mol. The highest BCUT2D eigenvalue weighted by Crippen LogP contribution is 2.43. The molecule has 2 heterocycles. The zero-order chi connectivity index (χ0) is 31.2. The highest BCUT2D eigenvalue weighted by molar-refractivity contribution is 6.31. The Hall–Kier alpha value is -4.79. The molecule has 10 heteroatoms. The Bertz CT molecular complexity index is 1690. The van der Waals surface area contributed by atoms with Crippen molar-refractivity contribution in [3.8, 4) is 5.75 Å². The number of carbonyl (C=O) groups is 1. The third-order valence-corrected chi connectivity index (χ3v) is 8.20. The van der Waals surface area contributed by atoms with Crippen molar-refractivity contribution < 1.29 is 33.6 Å². The molecule has 6 rings (SSSR count). The van der Waals surface area contributed by atoms with Crippen molar-refractivity contribution in [1.29, 1.82) is 0 Å². The van der Waals surface area contributed by atoms with E-state index in [4.69, 9.17) is 46.9 Å². The van der Waals surface area contributed by atoms with E-state index in [1.54, 1.807) is 48.9 Å². The second-order valence-corrected chi connectivity index (χ2v) is 11.1. The molecule has 0 radical (unpaired) electrons. The van der Waals surface area contributed by atoms with E-state index in [1.807, 2.05) is 66.7 Å². The molecule has 2 aliphatic heterocycles. The van der Waals surface area contributed by atoms with Crippen LogP contribution in [0, 0.1) is 0 Å². The number of hydrogen-bond acceptors (Lipinski definition) is 7. The number of carboxylic acids is 1. The van der Waals surface area contributed by atoms with E-state index in [1.165, 1.54) is 0 Å². The van der Waals surface area contributed by atoms with Gasteiger partial charge in [-0.2, -0.15) is 0 Å². The maximum Gasteiger partial charge on any atom is 0.349 e. The lowest BCUT2D eigenvalue weighted by atomic mass is 9.95. The Balaban J connectivity index is 1.46. The fraction of sp³-hybridized carbons (Fsp3) is 0.171. The summed E-state index contributed by atoms with van der Waals surface area (Å²) in [5.41, 5.74) is 2.94. The van der Waals surface area contributed by atoms with Crippen LogP contribution in [0.1, 0.15) is 28.8 Å². The molecule has 1 N–H and O–H groups in total. The van der Waals surface area contributed by atoms with Gasteiger partial charge >= 0.3 is 5.97 Å². The van der Waals surface area contributed by atoms with Crippen LogP contribution < -0.4 is 9.64 Å². The van der Waals surface area contributed by atoms with E-state index in [9.17, 15) is 9.90 Å².